The quantitative estimate of drug-likeness (QED) is 0.0494. The van der Waals surface area contributed by atoms with Crippen molar-refractivity contribution in [3.8, 4) is 0 Å². The van der Waals surface area contributed by atoms with Gasteiger partial charge in [0.1, 0.15) is 6.29 Å². The molecule has 0 saturated heterocycles. The van der Waals surface area contributed by atoms with Gasteiger partial charge in [-0.25, -0.2) is 0 Å². The minimum Gasteiger partial charge on any atom is -0.466 e. The molecule has 4 aliphatic carbocycles. The Morgan fingerprint density at radius 2 is 1.17 bits per heavy atom. The highest BCUT2D eigenvalue weighted by molar-refractivity contribution is 5.70. The summed E-state index contributed by atoms with van der Waals surface area (Å²) in [7, 11) is 1.77. The van der Waals surface area contributed by atoms with E-state index in [1.807, 2.05) is 0 Å². The monoisotopic (exact) mass is 650 g/mol. The first-order valence-corrected chi connectivity index (χ1v) is 20.0. The predicted octanol–water partition coefficient (Wildman–Crippen LogP) is 9.69. The van der Waals surface area contributed by atoms with Crippen LogP contribution in [0.1, 0.15) is 174 Å². The van der Waals surface area contributed by atoms with Crippen molar-refractivity contribution in [2.45, 2.75) is 174 Å². The van der Waals surface area contributed by atoms with Gasteiger partial charge in [-0.1, -0.05) is 90.4 Å². The van der Waals surface area contributed by atoms with Crippen molar-refractivity contribution in [1.29, 1.82) is 0 Å². The van der Waals surface area contributed by atoms with Crippen LogP contribution in [-0.2, 0) is 19.1 Å². The smallest absolute Gasteiger partial charge is 0.306 e. The zero-order valence-corrected chi connectivity index (χ0v) is 30.5. The Labute approximate surface area is 284 Å². The zero-order valence-electron chi connectivity index (χ0n) is 30.5. The highest BCUT2D eigenvalue weighted by atomic mass is 16.5. The number of nitrogens with zero attached hydrogens (tertiary/aromatic N) is 1. The molecule has 0 spiro atoms. The Hall–Kier alpha value is -0.980. The van der Waals surface area contributed by atoms with Gasteiger partial charge in [0.2, 0.25) is 0 Å². The summed E-state index contributed by atoms with van der Waals surface area (Å²) in [5.74, 6) is 2.76. The number of esters is 1. The Morgan fingerprint density at radius 3 is 1.67 bits per heavy atom. The molecule has 4 aliphatic rings. The van der Waals surface area contributed by atoms with E-state index in [9.17, 15) is 14.7 Å². The van der Waals surface area contributed by atoms with E-state index in [2.05, 4.69) is 11.8 Å². The molecule has 4 rings (SSSR count). The summed E-state index contributed by atoms with van der Waals surface area (Å²) < 4.78 is 10.6. The topological polar surface area (TPSA) is 76.1 Å². The molecule has 0 amide bonds. The SMILES string of the molecule is CCCCCCCCCOC.O=CCCCCCCCN(CCO)CCCCCCCCOC(=O)CC12CC3CC(CC(C3)C1)C2. The van der Waals surface area contributed by atoms with Crippen molar-refractivity contribution in [3.05, 3.63) is 0 Å². The second-order valence-corrected chi connectivity index (χ2v) is 15.3. The van der Waals surface area contributed by atoms with E-state index in [1.165, 1.54) is 128 Å². The molecule has 4 saturated carbocycles. The van der Waals surface area contributed by atoms with E-state index in [4.69, 9.17) is 9.47 Å². The van der Waals surface area contributed by atoms with Crippen LogP contribution in [0, 0.1) is 23.2 Å². The van der Waals surface area contributed by atoms with E-state index in [0.29, 0.717) is 24.9 Å². The van der Waals surface area contributed by atoms with Gasteiger partial charge in [-0.15, -0.1) is 0 Å². The molecule has 0 aromatic carbocycles. The van der Waals surface area contributed by atoms with Crippen molar-refractivity contribution < 1.29 is 24.2 Å². The second-order valence-electron chi connectivity index (χ2n) is 15.3. The third-order valence-corrected chi connectivity index (χ3v) is 11.0. The molecule has 4 bridgehead atoms. The van der Waals surface area contributed by atoms with Crippen molar-refractivity contribution in [3.63, 3.8) is 0 Å². The molecule has 46 heavy (non-hydrogen) atoms. The summed E-state index contributed by atoms with van der Waals surface area (Å²) >= 11 is 0. The van der Waals surface area contributed by atoms with E-state index in [-0.39, 0.29) is 12.6 Å². The number of aliphatic hydroxyl groups excluding tert-OH is 1. The lowest BCUT2D eigenvalue weighted by Crippen LogP contribution is -2.47. The average molecular weight is 650 g/mol. The number of rotatable bonds is 29. The summed E-state index contributed by atoms with van der Waals surface area (Å²) in [5, 5.41) is 9.34. The van der Waals surface area contributed by atoms with Gasteiger partial charge in [0, 0.05) is 26.7 Å². The maximum Gasteiger partial charge on any atom is 0.306 e. The Balaban J connectivity index is 0.000000572. The first-order valence-electron chi connectivity index (χ1n) is 20.0. The van der Waals surface area contributed by atoms with Crippen LogP contribution in [0.2, 0.25) is 0 Å². The van der Waals surface area contributed by atoms with Crippen molar-refractivity contribution >= 4 is 12.3 Å². The van der Waals surface area contributed by atoms with E-state index in [0.717, 1.165) is 76.0 Å². The minimum atomic E-state index is 0.0666. The molecule has 0 unspecified atom stereocenters. The van der Waals surface area contributed by atoms with Gasteiger partial charge in [0.25, 0.3) is 0 Å². The predicted molar refractivity (Wildman–Crippen MR) is 191 cm³/mol. The maximum atomic E-state index is 12.5. The Bertz CT molecular complexity index is 700. The van der Waals surface area contributed by atoms with Crippen LogP contribution in [0.15, 0.2) is 0 Å². The van der Waals surface area contributed by atoms with Crippen molar-refractivity contribution in [2.75, 3.05) is 46.6 Å². The largest absolute Gasteiger partial charge is 0.466 e. The molecule has 1 N–H and O–H groups in total. The van der Waals surface area contributed by atoms with Gasteiger partial charge >= 0.3 is 5.97 Å². The van der Waals surface area contributed by atoms with Crippen molar-refractivity contribution in [1.82, 2.24) is 4.90 Å². The van der Waals surface area contributed by atoms with Crippen LogP contribution in [0.3, 0.4) is 0 Å². The molecule has 0 atom stereocenters. The van der Waals surface area contributed by atoms with Gasteiger partial charge in [-0.05, 0) is 107 Å². The molecule has 0 heterocycles. The lowest BCUT2D eigenvalue weighted by atomic mass is 9.49. The number of carbonyl (C=O) groups is 2. The minimum absolute atomic E-state index is 0.0666. The summed E-state index contributed by atoms with van der Waals surface area (Å²) in [6, 6.07) is 0. The number of hydrogen-bond acceptors (Lipinski definition) is 6. The number of aldehydes is 1. The highest BCUT2D eigenvalue weighted by Crippen LogP contribution is 2.61. The molecule has 6 heteroatoms. The summed E-state index contributed by atoms with van der Waals surface area (Å²) in [6.45, 7) is 6.96. The molecular formula is C40H75NO5. The standard InChI is InChI=1S/C30H53NO4.C10H22O/c32-16-11-7-3-1-5-9-13-31(15-17-33)14-10-6-2-4-8-12-18-35-29(34)25-30-22-26-19-27(23-30)21-28(20-26)24-30;1-3-4-5-6-7-8-9-10-11-2/h16,26-28,33H,1-15,17-25H2;3-10H2,1-2H3. The summed E-state index contributed by atoms with van der Waals surface area (Å²) in [5.41, 5.74) is 0.298. The zero-order chi connectivity index (χ0) is 33.1. The first-order chi connectivity index (χ1) is 22.5. The molecule has 0 aliphatic heterocycles. The number of aliphatic hydroxyl groups is 1. The number of carbonyl (C=O) groups excluding carboxylic acids is 2. The molecule has 0 aromatic heterocycles. The van der Waals surface area contributed by atoms with E-state index >= 15 is 0 Å². The van der Waals surface area contributed by atoms with Gasteiger partial charge in [0.15, 0.2) is 0 Å². The summed E-state index contributed by atoms with van der Waals surface area (Å²) in [4.78, 5) is 25.3. The number of hydrogen-bond donors (Lipinski definition) is 1. The van der Waals surface area contributed by atoms with Crippen LogP contribution in [0.5, 0.6) is 0 Å². The van der Waals surface area contributed by atoms with Gasteiger partial charge in [-0.2, -0.15) is 0 Å². The van der Waals surface area contributed by atoms with Crippen LogP contribution >= 0.6 is 0 Å². The third kappa shape index (κ3) is 19.1. The van der Waals surface area contributed by atoms with E-state index in [1.54, 1.807) is 7.11 Å². The van der Waals surface area contributed by atoms with Crippen LogP contribution < -0.4 is 0 Å². The van der Waals surface area contributed by atoms with Gasteiger partial charge < -0.3 is 24.3 Å². The van der Waals surface area contributed by atoms with Gasteiger partial charge in [0.05, 0.1) is 19.6 Å². The van der Waals surface area contributed by atoms with E-state index < -0.39 is 0 Å². The van der Waals surface area contributed by atoms with Crippen LogP contribution in [0.25, 0.3) is 0 Å². The van der Waals surface area contributed by atoms with Crippen LogP contribution in [0.4, 0.5) is 0 Å². The number of unbranched alkanes of at least 4 members (excludes halogenated alkanes) is 16. The first kappa shape index (κ1) is 41.2. The fourth-order valence-corrected chi connectivity index (χ4v) is 8.97. The lowest BCUT2D eigenvalue weighted by Gasteiger charge is -2.56. The van der Waals surface area contributed by atoms with Crippen molar-refractivity contribution in [2.24, 2.45) is 23.2 Å². The normalized spacial score (nSPS) is 23.0. The molecule has 0 radical (unpaired) electrons. The number of methoxy groups -OCH3 is 1. The fourth-order valence-electron chi connectivity index (χ4n) is 8.97. The fraction of sp³-hybridized carbons (Fsp3) is 0.950. The molecule has 0 aromatic rings. The summed E-state index contributed by atoms with van der Waals surface area (Å²) in [6.07, 6.45) is 32.9. The Kier molecular flexibility index (Phi) is 24.1. The molecule has 6 nitrogen and oxygen atoms in total. The van der Waals surface area contributed by atoms with Gasteiger partial charge in [-0.3, -0.25) is 4.79 Å². The Morgan fingerprint density at radius 1 is 0.696 bits per heavy atom. The molecule has 270 valence electrons. The lowest BCUT2D eigenvalue weighted by molar-refractivity contribution is -0.152. The second kappa shape index (κ2) is 26.9. The molecular weight excluding hydrogens is 574 g/mol. The average Bonchev–Trinajstić information content (AvgIpc) is 3.02. The number of ether oxygens (including phenoxy) is 2. The maximum absolute atomic E-state index is 12.5. The van der Waals surface area contributed by atoms with Crippen LogP contribution in [-0.4, -0.2) is 68.8 Å². The highest BCUT2D eigenvalue weighted by Gasteiger charge is 2.51. The molecule has 4 fully saturated rings. The third-order valence-electron chi connectivity index (χ3n) is 11.0.